The third-order valence-corrected chi connectivity index (χ3v) is 3.69. The molecule has 0 amide bonds. The summed E-state index contributed by atoms with van der Waals surface area (Å²) in [5.74, 6) is 0.496. The van der Waals surface area contributed by atoms with Crippen molar-refractivity contribution in [1.29, 1.82) is 0 Å². The van der Waals surface area contributed by atoms with Crippen LogP contribution in [0.25, 0.3) is 18.2 Å². The van der Waals surface area contributed by atoms with Crippen molar-refractivity contribution in [2.45, 2.75) is 0 Å². The zero-order valence-electron chi connectivity index (χ0n) is 10.9. The molecule has 0 radical (unpaired) electrons. The highest BCUT2D eigenvalue weighted by Gasteiger charge is 2.15. The van der Waals surface area contributed by atoms with E-state index < -0.39 is 5.97 Å². The summed E-state index contributed by atoms with van der Waals surface area (Å²) in [7, 11) is 0. The Morgan fingerprint density at radius 3 is 3.05 bits per heavy atom. The minimum absolute atomic E-state index is 0.238. The second kappa shape index (κ2) is 5.80. The standard InChI is InChI=1S/C15H11NO4S/c17-14(18)7-5-11-8-16-13(21-11)6-4-10-2-1-3-12-15(10)20-9-19-12/h1-8H,9H2,(H,17,18). The van der Waals surface area contributed by atoms with Crippen molar-refractivity contribution < 1.29 is 19.4 Å². The topological polar surface area (TPSA) is 68.7 Å². The number of fused-ring (bicyclic) bond motifs is 1. The van der Waals surface area contributed by atoms with E-state index in [1.807, 2.05) is 30.4 Å². The molecule has 5 nitrogen and oxygen atoms in total. The fraction of sp³-hybridized carbons (Fsp3) is 0.0667. The van der Waals surface area contributed by atoms with Crippen molar-refractivity contribution in [2.75, 3.05) is 6.79 Å². The Morgan fingerprint density at radius 1 is 1.29 bits per heavy atom. The predicted molar refractivity (Wildman–Crippen MR) is 80.3 cm³/mol. The molecule has 1 aromatic carbocycles. The van der Waals surface area contributed by atoms with Crippen LogP contribution in [0.4, 0.5) is 0 Å². The van der Waals surface area contributed by atoms with E-state index in [-0.39, 0.29) is 6.79 Å². The molecule has 1 N–H and O–H groups in total. The maximum absolute atomic E-state index is 10.5. The number of carboxylic acid groups (broad SMARTS) is 1. The van der Waals surface area contributed by atoms with Gasteiger partial charge in [-0.05, 0) is 24.3 Å². The van der Waals surface area contributed by atoms with E-state index in [1.54, 1.807) is 6.20 Å². The van der Waals surface area contributed by atoms with Crippen molar-refractivity contribution >= 4 is 35.5 Å². The van der Waals surface area contributed by atoms with Gasteiger partial charge in [-0.25, -0.2) is 9.78 Å². The van der Waals surface area contributed by atoms with Crippen LogP contribution in [-0.4, -0.2) is 22.9 Å². The Bertz CT molecular complexity index is 733. The molecular weight excluding hydrogens is 290 g/mol. The monoisotopic (exact) mass is 301 g/mol. The fourth-order valence-electron chi connectivity index (χ4n) is 1.85. The van der Waals surface area contributed by atoms with Crippen molar-refractivity contribution in [2.24, 2.45) is 0 Å². The maximum atomic E-state index is 10.5. The Morgan fingerprint density at radius 2 is 2.19 bits per heavy atom. The highest BCUT2D eigenvalue weighted by Crippen LogP contribution is 2.36. The van der Waals surface area contributed by atoms with Crippen molar-refractivity contribution in [3.05, 3.63) is 45.9 Å². The number of nitrogens with zero attached hydrogens (tertiary/aromatic N) is 1. The highest BCUT2D eigenvalue weighted by molar-refractivity contribution is 7.13. The molecule has 0 fully saturated rings. The fourth-order valence-corrected chi connectivity index (χ4v) is 2.58. The molecule has 21 heavy (non-hydrogen) atoms. The van der Waals surface area contributed by atoms with E-state index in [4.69, 9.17) is 14.6 Å². The number of ether oxygens (including phenoxy) is 2. The van der Waals surface area contributed by atoms with E-state index in [2.05, 4.69) is 4.98 Å². The quantitative estimate of drug-likeness (QED) is 0.879. The lowest BCUT2D eigenvalue weighted by Gasteiger charge is -1.99. The van der Waals surface area contributed by atoms with Gasteiger partial charge in [0.2, 0.25) is 6.79 Å². The first kappa shape index (κ1) is 13.4. The van der Waals surface area contributed by atoms with Crippen LogP contribution in [0, 0.1) is 0 Å². The van der Waals surface area contributed by atoms with Crippen LogP contribution in [-0.2, 0) is 4.79 Å². The SMILES string of the molecule is O=C(O)C=Cc1cnc(C=Cc2cccc3c2OCO3)s1. The van der Waals surface area contributed by atoms with Crippen molar-refractivity contribution in [3.63, 3.8) is 0 Å². The van der Waals surface area contributed by atoms with Gasteiger partial charge >= 0.3 is 5.97 Å². The Kier molecular flexibility index (Phi) is 3.70. The van der Waals surface area contributed by atoms with Gasteiger partial charge in [-0.3, -0.25) is 0 Å². The van der Waals surface area contributed by atoms with Gasteiger partial charge in [-0.1, -0.05) is 12.1 Å². The highest BCUT2D eigenvalue weighted by atomic mass is 32.1. The lowest BCUT2D eigenvalue weighted by Crippen LogP contribution is -1.93. The first-order chi connectivity index (χ1) is 10.2. The molecule has 0 saturated heterocycles. The van der Waals surface area contributed by atoms with Crippen LogP contribution in [0.1, 0.15) is 15.4 Å². The third kappa shape index (κ3) is 3.11. The number of carboxylic acids is 1. The molecule has 1 aromatic heterocycles. The summed E-state index contributed by atoms with van der Waals surface area (Å²) in [5, 5.41) is 9.37. The van der Waals surface area contributed by atoms with Crippen molar-refractivity contribution in [3.8, 4) is 11.5 Å². The molecule has 0 atom stereocenters. The first-order valence-corrected chi connectivity index (χ1v) is 6.97. The smallest absolute Gasteiger partial charge is 0.328 e. The summed E-state index contributed by atoms with van der Waals surface area (Å²) in [6, 6.07) is 5.69. The van der Waals surface area contributed by atoms with Gasteiger partial charge in [-0.15, -0.1) is 11.3 Å². The van der Waals surface area contributed by atoms with Gasteiger partial charge in [0, 0.05) is 22.7 Å². The Labute approximate surface area is 124 Å². The van der Waals surface area contributed by atoms with Gasteiger partial charge < -0.3 is 14.6 Å². The Balaban J connectivity index is 1.78. The van der Waals surface area contributed by atoms with E-state index in [0.29, 0.717) is 0 Å². The van der Waals surface area contributed by atoms with Crippen LogP contribution < -0.4 is 9.47 Å². The molecule has 106 valence electrons. The first-order valence-electron chi connectivity index (χ1n) is 6.16. The molecule has 2 aromatic rings. The summed E-state index contributed by atoms with van der Waals surface area (Å²) in [6.07, 6.45) is 8.01. The Hall–Kier alpha value is -2.60. The molecule has 0 spiro atoms. The number of aromatic nitrogens is 1. The van der Waals surface area contributed by atoms with Crippen molar-refractivity contribution in [1.82, 2.24) is 4.98 Å². The van der Waals surface area contributed by atoms with Gasteiger partial charge in [0.25, 0.3) is 0 Å². The molecule has 0 aliphatic carbocycles. The zero-order valence-corrected chi connectivity index (χ0v) is 11.7. The average Bonchev–Trinajstić information content (AvgIpc) is 3.12. The number of thiazole rings is 1. The molecule has 6 heteroatoms. The average molecular weight is 301 g/mol. The van der Waals surface area contributed by atoms with Gasteiger partial charge in [-0.2, -0.15) is 0 Å². The van der Waals surface area contributed by atoms with Crippen LogP contribution in [0.15, 0.2) is 30.5 Å². The lowest BCUT2D eigenvalue weighted by atomic mass is 10.2. The lowest BCUT2D eigenvalue weighted by molar-refractivity contribution is -0.131. The van der Waals surface area contributed by atoms with Gasteiger partial charge in [0.15, 0.2) is 11.5 Å². The zero-order chi connectivity index (χ0) is 14.7. The van der Waals surface area contributed by atoms with E-state index in [1.165, 1.54) is 17.4 Å². The molecule has 2 heterocycles. The van der Waals surface area contributed by atoms with Crippen LogP contribution in [0.2, 0.25) is 0 Å². The summed E-state index contributed by atoms with van der Waals surface area (Å²) >= 11 is 1.41. The number of hydrogen-bond donors (Lipinski definition) is 1. The van der Waals surface area contributed by atoms with Crippen LogP contribution in [0.5, 0.6) is 11.5 Å². The number of aliphatic carboxylic acids is 1. The summed E-state index contributed by atoms with van der Waals surface area (Å²) in [5.41, 5.74) is 0.919. The molecule has 0 saturated carbocycles. The molecule has 0 bridgehead atoms. The molecule has 1 aliphatic heterocycles. The number of carbonyl (C=O) groups is 1. The molecule has 0 unspecified atom stereocenters. The number of rotatable bonds is 4. The predicted octanol–water partition coefficient (Wildman–Crippen LogP) is 3.14. The minimum Gasteiger partial charge on any atom is -0.478 e. The van der Waals surface area contributed by atoms with Crippen LogP contribution >= 0.6 is 11.3 Å². The number of hydrogen-bond acceptors (Lipinski definition) is 5. The van der Waals surface area contributed by atoms with Crippen LogP contribution in [0.3, 0.4) is 0 Å². The molecule has 3 rings (SSSR count). The van der Waals surface area contributed by atoms with Gasteiger partial charge in [0.1, 0.15) is 5.01 Å². The summed E-state index contributed by atoms with van der Waals surface area (Å²) in [6.45, 7) is 0.238. The number of benzene rings is 1. The second-order valence-corrected chi connectivity index (χ2v) is 5.28. The maximum Gasteiger partial charge on any atom is 0.328 e. The molecular formula is C15H11NO4S. The van der Waals surface area contributed by atoms with Gasteiger partial charge in [0.05, 0.1) is 0 Å². The van der Waals surface area contributed by atoms with E-state index in [9.17, 15) is 4.79 Å². The minimum atomic E-state index is -0.975. The number of para-hydroxylation sites is 1. The second-order valence-electron chi connectivity index (χ2n) is 4.19. The molecule has 1 aliphatic rings. The third-order valence-electron chi connectivity index (χ3n) is 2.76. The van der Waals surface area contributed by atoms with E-state index in [0.717, 1.165) is 33.0 Å². The largest absolute Gasteiger partial charge is 0.478 e. The normalized spacial score (nSPS) is 13.3. The van der Waals surface area contributed by atoms with E-state index >= 15 is 0 Å². The summed E-state index contributed by atoms with van der Waals surface area (Å²) in [4.78, 5) is 15.5. The summed E-state index contributed by atoms with van der Waals surface area (Å²) < 4.78 is 10.7.